The Hall–Kier alpha value is -1.88. The summed E-state index contributed by atoms with van der Waals surface area (Å²) in [4.78, 5) is 17.7. The molecule has 2 heterocycles. The minimum absolute atomic E-state index is 0.0545. The Bertz CT molecular complexity index is 746. The van der Waals surface area contributed by atoms with Crippen molar-refractivity contribution in [2.24, 2.45) is 0 Å². The van der Waals surface area contributed by atoms with Gasteiger partial charge in [0.05, 0.1) is 11.1 Å². The van der Waals surface area contributed by atoms with Crippen LogP contribution in [0.25, 0.3) is 11.3 Å². The van der Waals surface area contributed by atoms with Crippen LogP contribution < -0.4 is 11.1 Å². The zero-order chi connectivity index (χ0) is 15.4. The summed E-state index contributed by atoms with van der Waals surface area (Å²) in [6.07, 6.45) is 0.866. The van der Waals surface area contributed by atoms with Gasteiger partial charge in [-0.15, -0.1) is 11.3 Å². The molecule has 5 heteroatoms. The average molecular weight is 301 g/mol. The number of aromatic nitrogens is 1. The number of anilines is 2. The highest BCUT2D eigenvalue weighted by molar-refractivity contribution is 7.15. The Morgan fingerprint density at radius 2 is 2.10 bits per heavy atom. The van der Waals surface area contributed by atoms with Crippen LogP contribution in [-0.4, -0.2) is 10.9 Å². The third kappa shape index (κ3) is 2.03. The van der Waals surface area contributed by atoms with E-state index in [0.29, 0.717) is 5.13 Å². The fourth-order valence-corrected chi connectivity index (χ4v) is 3.55. The summed E-state index contributed by atoms with van der Waals surface area (Å²) in [6, 6.07) is 4.19. The number of amides is 1. The van der Waals surface area contributed by atoms with Crippen molar-refractivity contribution < 1.29 is 4.79 Å². The maximum absolute atomic E-state index is 12.2. The second-order valence-electron chi connectivity index (χ2n) is 5.95. The van der Waals surface area contributed by atoms with Crippen molar-refractivity contribution in [1.82, 2.24) is 4.98 Å². The second kappa shape index (κ2) is 4.56. The zero-order valence-corrected chi connectivity index (χ0v) is 13.5. The first-order valence-electron chi connectivity index (χ1n) is 7.06. The van der Waals surface area contributed by atoms with Crippen molar-refractivity contribution >= 4 is 28.1 Å². The molecule has 1 aliphatic heterocycles. The molecule has 0 spiro atoms. The van der Waals surface area contributed by atoms with Gasteiger partial charge in [-0.3, -0.25) is 4.79 Å². The Morgan fingerprint density at radius 1 is 1.38 bits per heavy atom. The van der Waals surface area contributed by atoms with Gasteiger partial charge in [0.1, 0.15) is 0 Å². The minimum Gasteiger partial charge on any atom is -0.375 e. The smallest absolute Gasteiger partial charge is 0.234 e. The van der Waals surface area contributed by atoms with Gasteiger partial charge in [0.15, 0.2) is 5.13 Å². The summed E-state index contributed by atoms with van der Waals surface area (Å²) >= 11 is 1.50. The van der Waals surface area contributed by atoms with Crippen LogP contribution in [0.5, 0.6) is 0 Å². The fourth-order valence-electron chi connectivity index (χ4n) is 2.84. The Labute approximate surface area is 128 Å². The van der Waals surface area contributed by atoms with Crippen LogP contribution in [0.4, 0.5) is 10.8 Å². The first-order valence-corrected chi connectivity index (χ1v) is 7.88. The van der Waals surface area contributed by atoms with Gasteiger partial charge >= 0.3 is 0 Å². The topological polar surface area (TPSA) is 68.0 Å². The monoisotopic (exact) mass is 301 g/mol. The van der Waals surface area contributed by atoms with Crippen molar-refractivity contribution in [2.75, 3.05) is 11.1 Å². The van der Waals surface area contributed by atoms with E-state index in [4.69, 9.17) is 5.73 Å². The average Bonchev–Trinajstić information content (AvgIpc) is 2.87. The fraction of sp³-hybridized carbons (Fsp3) is 0.375. The predicted molar refractivity (Wildman–Crippen MR) is 87.7 cm³/mol. The number of nitrogens with one attached hydrogen (secondary N) is 1. The lowest BCUT2D eigenvalue weighted by Crippen LogP contribution is -2.26. The van der Waals surface area contributed by atoms with E-state index in [9.17, 15) is 4.79 Å². The number of hydrogen-bond acceptors (Lipinski definition) is 4. The minimum atomic E-state index is -0.509. The van der Waals surface area contributed by atoms with Crippen LogP contribution in [0.2, 0.25) is 0 Å². The molecule has 0 atom stereocenters. The first kappa shape index (κ1) is 14.1. The van der Waals surface area contributed by atoms with Crippen molar-refractivity contribution in [1.29, 1.82) is 0 Å². The molecule has 3 rings (SSSR count). The maximum Gasteiger partial charge on any atom is 0.234 e. The third-order valence-electron chi connectivity index (χ3n) is 4.17. The van der Waals surface area contributed by atoms with Gasteiger partial charge in [0.25, 0.3) is 0 Å². The summed E-state index contributed by atoms with van der Waals surface area (Å²) in [6.45, 7) is 8.04. The number of nitrogens with zero attached hydrogens (tertiary/aromatic N) is 1. The molecule has 4 nitrogen and oxygen atoms in total. The summed E-state index contributed by atoms with van der Waals surface area (Å²) in [5.41, 5.74) is 10.4. The van der Waals surface area contributed by atoms with E-state index in [-0.39, 0.29) is 5.91 Å². The molecule has 1 amide bonds. The van der Waals surface area contributed by atoms with Gasteiger partial charge in [0, 0.05) is 16.1 Å². The number of nitrogens with two attached hydrogens (primary N) is 1. The number of thiazole rings is 1. The van der Waals surface area contributed by atoms with Crippen LogP contribution >= 0.6 is 11.3 Å². The predicted octanol–water partition coefficient (Wildman–Crippen LogP) is 3.49. The van der Waals surface area contributed by atoms with Gasteiger partial charge in [-0.05, 0) is 50.5 Å². The molecular weight excluding hydrogens is 282 g/mol. The summed E-state index contributed by atoms with van der Waals surface area (Å²) in [5, 5.41) is 3.60. The number of carbonyl (C=O) groups is 1. The van der Waals surface area contributed by atoms with Crippen LogP contribution in [0.1, 0.15) is 36.8 Å². The van der Waals surface area contributed by atoms with Crippen molar-refractivity contribution in [3.8, 4) is 11.3 Å². The number of fused-ring (bicyclic) bond motifs is 1. The third-order valence-corrected chi connectivity index (χ3v) is 4.97. The van der Waals surface area contributed by atoms with Gasteiger partial charge in [-0.25, -0.2) is 4.98 Å². The summed E-state index contributed by atoms with van der Waals surface area (Å²) in [5.74, 6) is 0.0545. The number of rotatable bonds is 2. The highest BCUT2D eigenvalue weighted by Crippen LogP contribution is 2.43. The summed E-state index contributed by atoms with van der Waals surface area (Å²) in [7, 11) is 0. The Morgan fingerprint density at radius 3 is 2.67 bits per heavy atom. The van der Waals surface area contributed by atoms with Crippen LogP contribution in [0.15, 0.2) is 12.1 Å². The van der Waals surface area contributed by atoms with Gasteiger partial charge in [-0.1, -0.05) is 6.92 Å². The molecule has 2 aromatic rings. The van der Waals surface area contributed by atoms with E-state index < -0.39 is 5.41 Å². The Balaban J connectivity index is 2.25. The van der Waals surface area contributed by atoms with E-state index in [2.05, 4.69) is 29.4 Å². The molecule has 0 aliphatic carbocycles. The molecule has 1 aromatic carbocycles. The van der Waals surface area contributed by atoms with E-state index >= 15 is 0 Å². The lowest BCUT2D eigenvalue weighted by atomic mass is 9.83. The highest BCUT2D eigenvalue weighted by Gasteiger charge is 2.39. The van der Waals surface area contributed by atoms with E-state index in [1.165, 1.54) is 11.3 Å². The molecule has 110 valence electrons. The molecular formula is C16H19N3OS. The standard InChI is InChI=1S/C16H19N3OS/c1-5-9-6-10(12-8(2)21-15(17)19-12)7-11-13(9)18-14(20)16(11,3)4/h6-7H,5H2,1-4H3,(H2,17,19)(H,18,20). The van der Waals surface area contributed by atoms with Crippen LogP contribution in [0, 0.1) is 6.92 Å². The van der Waals surface area contributed by atoms with Crippen molar-refractivity contribution in [3.63, 3.8) is 0 Å². The van der Waals surface area contributed by atoms with Crippen LogP contribution in [0.3, 0.4) is 0 Å². The lowest BCUT2D eigenvalue weighted by molar-refractivity contribution is -0.119. The molecule has 1 aromatic heterocycles. The highest BCUT2D eigenvalue weighted by atomic mass is 32.1. The largest absolute Gasteiger partial charge is 0.375 e. The molecule has 0 bridgehead atoms. The second-order valence-corrected chi connectivity index (χ2v) is 7.18. The first-order chi connectivity index (χ1) is 9.84. The number of aryl methyl sites for hydroxylation is 2. The maximum atomic E-state index is 12.2. The molecule has 0 saturated heterocycles. The molecule has 3 N–H and O–H groups in total. The molecule has 0 radical (unpaired) electrons. The molecule has 0 fully saturated rings. The normalized spacial score (nSPS) is 15.9. The SMILES string of the molecule is CCc1cc(-c2nc(N)sc2C)cc2c1NC(=O)C2(C)C. The number of hydrogen-bond donors (Lipinski definition) is 2. The molecule has 21 heavy (non-hydrogen) atoms. The quantitative estimate of drug-likeness (QED) is 0.892. The van der Waals surface area contributed by atoms with Gasteiger partial charge < -0.3 is 11.1 Å². The lowest BCUT2D eigenvalue weighted by Gasteiger charge is -2.17. The van der Waals surface area contributed by atoms with Crippen LogP contribution in [-0.2, 0) is 16.6 Å². The number of nitrogen functional groups attached to an aromatic ring is 1. The molecule has 0 unspecified atom stereocenters. The Kier molecular flexibility index (Phi) is 3.06. The number of carbonyl (C=O) groups excluding carboxylic acids is 1. The van der Waals surface area contributed by atoms with E-state index in [0.717, 1.165) is 39.4 Å². The van der Waals surface area contributed by atoms with E-state index in [1.54, 1.807) is 0 Å². The van der Waals surface area contributed by atoms with Crippen molar-refractivity contribution in [2.45, 2.75) is 39.5 Å². The number of benzene rings is 1. The zero-order valence-electron chi connectivity index (χ0n) is 12.7. The molecule has 0 saturated carbocycles. The van der Waals surface area contributed by atoms with Crippen molar-refractivity contribution in [3.05, 3.63) is 28.1 Å². The summed E-state index contributed by atoms with van der Waals surface area (Å²) < 4.78 is 0. The van der Waals surface area contributed by atoms with Gasteiger partial charge in [0.2, 0.25) is 5.91 Å². The van der Waals surface area contributed by atoms with Gasteiger partial charge in [-0.2, -0.15) is 0 Å². The van der Waals surface area contributed by atoms with E-state index in [1.807, 2.05) is 20.8 Å². The molecule has 1 aliphatic rings.